The third kappa shape index (κ3) is 6.79. The van der Waals surface area contributed by atoms with Crippen LogP contribution >= 0.6 is 8.38 Å². The Balaban J connectivity index is 1.72. The minimum atomic E-state index is -1.53. The van der Waals surface area contributed by atoms with Crippen molar-refractivity contribution in [1.29, 1.82) is 5.26 Å². The monoisotopic (exact) mass is 575 g/mol. The number of nitrogens with zero attached hydrogens (tertiary/aromatic N) is 2. The molecule has 1 aliphatic rings. The lowest BCUT2D eigenvalue weighted by atomic mass is 9.76. The molecule has 1 aliphatic heterocycles. The summed E-state index contributed by atoms with van der Waals surface area (Å²) in [4.78, 5) is 28.7. The second-order valence-electron chi connectivity index (χ2n) is 9.45. The quantitative estimate of drug-likeness (QED) is 0.180. The van der Waals surface area contributed by atoms with E-state index in [1.165, 1.54) is 4.90 Å². The molecule has 1 heterocycles. The van der Waals surface area contributed by atoms with Gasteiger partial charge in [-0.1, -0.05) is 54.6 Å². The minimum Gasteiger partial charge on any atom is -0.497 e. The van der Waals surface area contributed by atoms with Gasteiger partial charge in [0.1, 0.15) is 23.1 Å². The number of amides is 2. The van der Waals surface area contributed by atoms with Gasteiger partial charge in [-0.05, 0) is 53.8 Å². The maximum Gasteiger partial charge on any atom is 0.415 e. The van der Waals surface area contributed by atoms with E-state index in [2.05, 4.69) is 5.32 Å². The van der Waals surface area contributed by atoms with Crippen molar-refractivity contribution in [3.05, 3.63) is 95.6 Å². The molecule has 1 saturated heterocycles. The van der Waals surface area contributed by atoms with E-state index in [9.17, 15) is 9.59 Å². The molecule has 0 saturated carbocycles. The molecule has 1 N–H and O–H groups in total. The van der Waals surface area contributed by atoms with Crippen molar-refractivity contribution in [3.63, 3.8) is 0 Å². The molecule has 0 spiro atoms. The van der Waals surface area contributed by atoms with Gasteiger partial charge < -0.3 is 23.8 Å². The van der Waals surface area contributed by atoms with Gasteiger partial charge in [0.2, 0.25) is 14.3 Å². The second kappa shape index (κ2) is 14.0. The summed E-state index contributed by atoms with van der Waals surface area (Å²) in [5.74, 6) is 1.07. The number of nitriles is 1. The lowest BCUT2D eigenvalue weighted by Crippen LogP contribution is -2.54. The number of carbonyl (C=O) groups is 2. The molecular formula is C31H34N3O6P. The van der Waals surface area contributed by atoms with Crippen molar-refractivity contribution in [2.24, 2.45) is 0 Å². The fraction of sp³-hybridized carbons (Fsp3) is 0.323. The fourth-order valence-electron chi connectivity index (χ4n) is 5.02. The number of nitrogens with one attached hydrogen (secondary N) is 1. The average molecular weight is 576 g/mol. The SMILES string of the molecule is COc1ccc(C(NC(=O)[C@@H]2CCCN2C(=O)OP(C)OCCC#N)(c2ccccc2)c2ccc(OC)cc2)cc1. The first-order chi connectivity index (χ1) is 19.9. The van der Waals surface area contributed by atoms with Gasteiger partial charge in [0, 0.05) is 13.2 Å². The molecule has 10 heteroatoms. The van der Waals surface area contributed by atoms with Crippen molar-refractivity contribution in [3.8, 4) is 17.6 Å². The molecule has 1 fully saturated rings. The number of rotatable bonds is 11. The maximum atomic E-state index is 14.2. The summed E-state index contributed by atoms with van der Waals surface area (Å²) < 4.78 is 21.8. The summed E-state index contributed by atoms with van der Waals surface area (Å²) in [7, 11) is 1.68. The number of ether oxygens (including phenoxy) is 2. The molecule has 3 aromatic rings. The van der Waals surface area contributed by atoms with Gasteiger partial charge in [0.15, 0.2) is 0 Å². The second-order valence-corrected chi connectivity index (χ2v) is 10.8. The maximum absolute atomic E-state index is 14.2. The number of methoxy groups -OCH3 is 2. The molecule has 0 bridgehead atoms. The molecule has 2 atom stereocenters. The van der Waals surface area contributed by atoms with Crippen LogP contribution in [-0.2, 0) is 19.4 Å². The van der Waals surface area contributed by atoms with Gasteiger partial charge in [-0.25, -0.2) is 4.79 Å². The molecule has 41 heavy (non-hydrogen) atoms. The van der Waals surface area contributed by atoms with E-state index < -0.39 is 26.0 Å². The number of benzene rings is 3. The third-order valence-electron chi connectivity index (χ3n) is 7.05. The number of hydrogen-bond donors (Lipinski definition) is 1. The van der Waals surface area contributed by atoms with Crippen molar-refractivity contribution in [2.45, 2.75) is 30.8 Å². The summed E-state index contributed by atoms with van der Waals surface area (Å²) in [6.45, 7) is 2.23. The van der Waals surface area contributed by atoms with Crippen LogP contribution in [0.15, 0.2) is 78.9 Å². The van der Waals surface area contributed by atoms with Crippen LogP contribution in [0.25, 0.3) is 0 Å². The zero-order valence-corrected chi connectivity index (χ0v) is 24.3. The van der Waals surface area contributed by atoms with Gasteiger partial charge in [-0.3, -0.25) is 9.69 Å². The Bertz CT molecular complexity index is 1300. The lowest BCUT2D eigenvalue weighted by Gasteiger charge is -2.38. The summed E-state index contributed by atoms with van der Waals surface area (Å²) in [6, 6.07) is 26.1. The van der Waals surface area contributed by atoms with Crippen molar-refractivity contribution in [2.75, 3.05) is 34.0 Å². The van der Waals surface area contributed by atoms with Gasteiger partial charge in [-0.2, -0.15) is 5.26 Å². The van der Waals surface area contributed by atoms with Gasteiger partial charge in [0.05, 0.1) is 33.3 Å². The van der Waals surface area contributed by atoms with E-state index in [0.717, 1.165) is 16.7 Å². The molecule has 0 aromatic heterocycles. The molecule has 3 aromatic carbocycles. The minimum absolute atomic E-state index is 0.180. The smallest absolute Gasteiger partial charge is 0.415 e. The Labute approximate surface area is 241 Å². The van der Waals surface area contributed by atoms with Crippen LogP contribution in [0.4, 0.5) is 4.79 Å². The Hall–Kier alpha value is -4.12. The van der Waals surface area contributed by atoms with Crippen LogP contribution in [0.3, 0.4) is 0 Å². The van der Waals surface area contributed by atoms with Gasteiger partial charge in [-0.15, -0.1) is 0 Å². The molecular weight excluding hydrogens is 541 g/mol. The van der Waals surface area contributed by atoms with Crippen LogP contribution in [0.1, 0.15) is 36.0 Å². The highest BCUT2D eigenvalue weighted by Crippen LogP contribution is 2.39. The van der Waals surface area contributed by atoms with E-state index >= 15 is 0 Å². The number of likely N-dealkylation sites (tertiary alicyclic amines) is 1. The predicted octanol–water partition coefficient (Wildman–Crippen LogP) is 5.58. The van der Waals surface area contributed by atoms with Crippen molar-refractivity contribution in [1.82, 2.24) is 10.2 Å². The van der Waals surface area contributed by atoms with Crippen LogP contribution in [0.5, 0.6) is 11.5 Å². The molecule has 2 amide bonds. The highest BCUT2D eigenvalue weighted by molar-refractivity contribution is 7.46. The summed E-state index contributed by atoms with van der Waals surface area (Å²) >= 11 is 0. The van der Waals surface area contributed by atoms with Gasteiger partial charge in [0.25, 0.3) is 0 Å². The Morgan fingerprint density at radius 1 is 0.951 bits per heavy atom. The normalized spacial score (nSPS) is 15.5. The van der Waals surface area contributed by atoms with Crippen molar-refractivity contribution < 1.29 is 28.1 Å². The van der Waals surface area contributed by atoms with E-state index in [1.807, 2.05) is 84.9 Å². The van der Waals surface area contributed by atoms with E-state index in [0.29, 0.717) is 30.9 Å². The highest BCUT2D eigenvalue weighted by Gasteiger charge is 2.43. The topological polar surface area (TPSA) is 110 Å². The number of hydrogen-bond acceptors (Lipinski definition) is 7. The van der Waals surface area contributed by atoms with Crippen LogP contribution in [0, 0.1) is 11.3 Å². The molecule has 0 aliphatic carbocycles. The highest BCUT2D eigenvalue weighted by atomic mass is 31.2. The summed E-state index contributed by atoms with van der Waals surface area (Å²) in [6.07, 6.45) is 0.756. The molecule has 9 nitrogen and oxygen atoms in total. The molecule has 214 valence electrons. The Morgan fingerprint density at radius 3 is 2.05 bits per heavy atom. The van der Waals surface area contributed by atoms with Crippen molar-refractivity contribution >= 4 is 20.4 Å². The molecule has 4 rings (SSSR count). The van der Waals surface area contributed by atoms with Gasteiger partial charge >= 0.3 is 6.09 Å². The largest absolute Gasteiger partial charge is 0.497 e. The summed E-state index contributed by atoms with van der Waals surface area (Å²) in [5, 5.41) is 12.1. The first-order valence-electron chi connectivity index (χ1n) is 13.3. The average Bonchev–Trinajstić information content (AvgIpc) is 3.51. The molecule has 1 unspecified atom stereocenters. The van der Waals surface area contributed by atoms with E-state index in [1.54, 1.807) is 20.9 Å². The van der Waals surface area contributed by atoms with Crippen LogP contribution < -0.4 is 14.8 Å². The van der Waals surface area contributed by atoms with Crippen LogP contribution in [0.2, 0.25) is 0 Å². The third-order valence-corrected chi connectivity index (χ3v) is 8.01. The Morgan fingerprint density at radius 2 is 1.51 bits per heavy atom. The standard InChI is InChI=1S/C31H34N3O6P/c1-37-26-16-12-24(13-17-26)31(23-9-5-4-6-10-23,25-14-18-27(38-2)19-15-25)33-29(35)28-11-7-21-34(28)30(36)40-41(3)39-22-8-20-32/h4-6,9-10,12-19,28H,7-8,11,21-22H2,1-3H3,(H,33,35)/t28-,41?/m0/s1. The zero-order chi connectivity index (χ0) is 29.2. The van der Waals surface area contributed by atoms with E-state index in [4.69, 9.17) is 23.8 Å². The van der Waals surface area contributed by atoms with Crippen LogP contribution in [-0.4, -0.2) is 57.0 Å². The predicted molar refractivity (Wildman–Crippen MR) is 156 cm³/mol. The Kier molecular flexibility index (Phi) is 10.2. The fourth-order valence-corrected chi connectivity index (χ4v) is 5.75. The summed E-state index contributed by atoms with van der Waals surface area (Å²) in [5.41, 5.74) is 1.39. The first kappa shape index (κ1) is 29.9. The first-order valence-corrected chi connectivity index (χ1v) is 14.9. The lowest BCUT2D eigenvalue weighted by molar-refractivity contribution is -0.126. The van der Waals surface area contributed by atoms with E-state index in [-0.39, 0.29) is 18.9 Å². The zero-order valence-electron chi connectivity index (χ0n) is 23.4. The molecule has 0 radical (unpaired) electrons. The number of carbonyl (C=O) groups excluding carboxylic acids is 2.